The minimum atomic E-state index is -1.75. The normalized spacial score (nSPS) is 19.2. The molecule has 0 bridgehead atoms. The molecule has 1 fully saturated rings. The van der Waals surface area contributed by atoms with Crippen molar-refractivity contribution >= 4 is 57.7 Å². The number of aliphatic carboxylic acids is 2. The quantitative estimate of drug-likeness (QED) is 0.0802. The maximum atomic E-state index is 13.1. The van der Waals surface area contributed by atoms with Crippen LogP contribution in [0.15, 0.2) is 52.4 Å². The van der Waals surface area contributed by atoms with Crippen LogP contribution in [0, 0.1) is 0 Å². The second-order valence-electron chi connectivity index (χ2n) is 8.58. The summed E-state index contributed by atoms with van der Waals surface area (Å²) in [5.41, 5.74) is 4.04. The van der Waals surface area contributed by atoms with Crippen LogP contribution in [0.25, 0.3) is 0 Å². The number of β-lactam (4-membered cyclic amide) rings is 1. The monoisotopic (exact) mass is 571 g/mol. The fourth-order valence-electron chi connectivity index (χ4n) is 3.57. The number of carbonyl (C=O) groups is 4. The molecule has 2 aromatic heterocycles. The molecule has 16 heteroatoms. The van der Waals surface area contributed by atoms with E-state index in [9.17, 15) is 29.4 Å². The molecule has 2 aliphatic heterocycles. The number of thiazole rings is 1. The van der Waals surface area contributed by atoms with Crippen molar-refractivity contribution in [1.29, 1.82) is 0 Å². The first-order valence-electron chi connectivity index (χ1n) is 10.9. The van der Waals surface area contributed by atoms with Gasteiger partial charge in [-0.15, -0.1) is 23.1 Å². The summed E-state index contributed by atoms with van der Waals surface area (Å²) in [5.74, 6) is -3.66. The Bertz CT molecular complexity index is 1340. The number of carbonyl (C=O) groups excluding carboxylic acids is 2. The van der Waals surface area contributed by atoms with E-state index < -0.39 is 40.8 Å². The zero-order valence-corrected chi connectivity index (χ0v) is 24.3. The third kappa shape index (κ3) is 6.02. The summed E-state index contributed by atoms with van der Waals surface area (Å²) in [6.45, 7) is 2.80. The number of hydrogen-bond donors (Lipinski definition) is 4. The van der Waals surface area contributed by atoms with Gasteiger partial charge in [-0.1, -0.05) is 11.2 Å². The molecule has 2 amide bonds. The van der Waals surface area contributed by atoms with Gasteiger partial charge in [-0.2, -0.15) is 0 Å². The second-order valence-corrected chi connectivity index (χ2v) is 10.6. The van der Waals surface area contributed by atoms with Crippen LogP contribution >= 0.6 is 23.1 Å². The van der Waals surface area contributed by atoms with E-state index in [-0.39, 0.29) is 53.2 Å². The first kappa shape index (κ1) is 29.6. The van der Waals surface area contributed by atoms with E-state index in [1.54, 1.807) is 12.4 Å². The van der Waals surface area contributed by atoms with Crippen LogP contribution < -0.4 is 45.2 Å². The van der Waals surface area contributed by atoms with Crippen molar-refractivity contribution in [1.82, 2.24) is 15.2 Å². The third-order valence-electron chi connectivity index (χ3n) is 5.55. The van der Waals surface area contributed by atoms with Gasteiger partial charge in [0.15, 0.2) is 29.8 Å². The number of carboxylic acids is 2. The number of nitrogens with two attached hydrogens (primary N) is 1. The fraction of sp³-hybridized carbons (Fsp3) is 0.318. The van der Waals surface area contributed by atoms with Gasteiger partial charge in [0.2, 0.25) is 5.60 Å². The van der Waals surface area contributed by atoms with Crippen LogP contribution in [-0.2, 0) is 30.6 Å². The number of amides is 2. The van der Waals surface area contributed by atoms with Gasteiger partial charge in [0.25, 0.3) is 11.8 Å². The van der Waals surface area contributed by atoms with E-state index in [1.807, 2.05) is 22.8 Å². The van der Waals surface area contributed by atoms with Gasteiger partial charge in [0, 0.05) is 28.8 Å². The number of thioether (sulfide) groups is 1. The predicted molar refractivity (Wildman–Crippen MR) is 133 cm³/mol. The van der Waals surface area contributed by atoms with E-state index in [0.717, 1.165) is 11.3 Å². The molecule has 0 saturated carbocycles. The zero-order valence-electron chi connectivity index (χ0n) is 21.7. The van der Waals surface area contributed by atoms with E-state index in [1.165, 1.54) is 35.9 Å². The number of nitrogens with zero attached hydrogens (tertiary/aromatic N) is 4. The van der Waals surface area contributed by atoms with Crippen molar-refractivity contribution in [3.05, 3.63) is 52.9 Å². The van der Waals surface area contributed by atoms with Crippen LogP contribution in [-0.4, -0.2) is 72.3 Å². The van der Waals surface area contributed by atoms with Crippen molar-refractivity contribution in [2.75, 3.05) is 11.5 Å². The summed E-state index contributed by atoms with van der Waals surface area (Å²) in [6.07, 6.45) is 3.59. The average molecular weight is 572 g/mol. The van der Waals surface area contributed by atoms with Crippen molar-refractivity contribution in [3.63, 3.8) is 0 Å². The number of hydrogen-bond acceptors (Lipinski definition) is 10. The van der Waals surface area contributed by atoms with Gasteiger partial charge < -0.3 is 27.5 Å². The maximum absolute atomic E-state index is 13.1. The molecule has 1 saturated heterocycles. The van der Waals surface area contributed by atoms with Gasteiger partial charge in [-0.05, 0) is 13.8 Å². The molecule has 2 aromatic rings. The fourth-order valence-corrected chi connectivity index (χ4v) is 5.46. The molecule has 196 valence electrons. The minimum Gasteiger partial charge on any atom is -1.00 e. The Balaban J connectivity index is 0.00000267. The summed E-state index contributed by atoms with van der Waals surface area (Å²) in [4.78, 5) is 59.9. The molecular formula is C22H24N6NaO7S2+. The molecule has 0 aromatic carbocycles. The largest absolute Gasteiger partial charge is 1.00 e. The maximum Gasteiger partial charge on any atom is 1.00 e. The molecule has 2 atom stereocenters. The number of aromatic nitrogens is 2. The van der Waals surface area contributed by atoms with E-state index in [0.29, 0.717) is 17.9 Å². The summed E-state index contributed by atoms with van der Waals surface area (Å²) in [5, 5.41) is 26.3. The average Bonchev–Trinajstić information content (AvgIpc) is 3.28. The number of fused-ring (bicyclic) bond motifs is 1. The Labute approximate surface area is 248 Å². The molecule has 2 aliphatic rings. The van der Waals surface area contributed by atoms with Gasteiger partial charge in [0.05, 0.1) is 0 Å². The molecule has 4 heterocycles. The molecule has 0 aliphatic carbocycles. The minimum absolute atomic E-state index is 0. The summed E-state index contributed by atoms with van der Waals surface area (Å²) in [6, 6.07) is 4.44. The topological polar surface area (TPSA) is 188 Å². The Morgan fingerprint density at radius 3 is 2.58 bits per heavy atom. The predicted octanol–water partition coefficient (Wildman–Crippen LogP) is -2.85. The SMILES string of the molecule is CC(C)(O/N=C(/C(=O)N[C@@H]1C(=O)N2C(C(=O)O)=C(C[n+]3ccccc3)CS[C@H]12)c1csc(N)n1)C(=O)O.[H-].[Na+]. The number of oxime groups is 1. The van der Waals surface area contributed by atoms with Crippen LogP contribution in [0.4, 0.5) is 5.13 Å². The van der Waals surface area contributed by atoms with E-state index in [2.05, 4.69) is 15.5 Å². The van der Waals surface area contributed by atoms with Gasteiger partial charge >= 0.3 is 41.5 Å². The van der Waals surface area contributed by atoms with Crippen molar-refractivity contribution in [2.24, 2.45) is 5.16 Å². The third-order valence-corrected chi connectivity index (χ3v) is 7.56. The Hall–Kier alpha value is -2.98. The summed E-state index contributed by atoms with van der Waals surface area (Å²) < 4.78 is 1.81. The molecule has 5 N–H and O–H groups in total. The molecule has 0 radical (unpaired) electrons. The zero-order chi connectivity index (χ0) is 26.9. The molecule has 0 unspecified atom stereocenters. The van der Waals surface area contributed by atoms with Crippen LogP contribution in [0.5, 0.6) is 0 Å². The standard InChI is InChI=1S/C22H22N6O7S2.Na.H/c1-22(2,20(33)34)35-26-13(12-10-37-21(23)24-12)16(29)25-14-17(30)28-15(19(31)32)11(9-36-18(14)28)8-27-6-4-3-5-7-27;;/h3-7,10,14,18H,8-9H2,1-2H3,(H4-,23,24,25,29,31,32,33,34);;/q;+1;-1/p+1/b26-13+;;/t14-,18-;;/m1../s1. The molecule has 13 nitrogen and oxygen atoms in total. The number of pyridine rings is 1. The number of anilines is 1. The van der Waals surface area contributed by atoms with Crippen molar-refractivity contribution < 1.29 is 69.8 Å². The van der Waals surface area contributed by atoms with Gasteiger partial charge in [0.1, 0.15) is 22.8 Å². The number of carboxylic acid groups (broad SMARTS) is 2. The molecular weight excluding hydrogens is 547 g/mol. The van der Waals surface area contributed by atoms with Crippen LogP contribution in [0.2, 0.25) is 0 Å². The number of nitrogen functional groups attached to an aromatic ring is 1. The Kier molecular flexibility index (Phi) is 9.20. The first-order valence-corrected chi connectivity index (χ1v) is 12.8. The van der Waals surface area contributed by atoms with Gasteiger partial charge in [-0.25, -0.2) is 19.1 Å². The smallest absolute Gasteiger partial charge is 1.00 e. The Morgan fingerprint density at radius 1 is 1.32 bits per heavy atom. The molecule has 38 heavy (non-hydrogen) atoms. The summed E-state index contributed by atoms with van der Waals surface area (Å²) >= 11 is 2.35. The van der Waals surface area contributed by atoms with Crippen LogP contribution in [0.1, 0.15) is 21.0 Å². The second kappa shape index (κ2) is 11.8. The number of rotatable bonds is 9. The first-order chi connectivity index (χ1) is 17.5. The molecule has 4 rings (SSSR count). The van der Waals surface area contributed by atoms with E-state index in [4.69, 9.17) is 10.6 Å². The number of nitrogens with one attached hydrogen (secondary N) is 1. The van der Waals surface area contributed by atoms with Crippen LogP contribution in [0.3, 0.4) is 0 Å². The van der Waals surface area contributed by atoms with E-state index >= 15 is 0 Å². The van der Waals surface area contributed by atoms with Crippen molar-refractivity contribution in [2.45, 2.75) is 37.4 Å². The van der Waals surface area contributed by atoms with Gasteiger partial charge in [-0.3, -0.25) is 14.5 Å². The summed E-state index contributed by atoms with van der Waals surface area (Å²) in [7, 11) is 0. The Morgan fingerprint density at radius 2 is 2.00 bits per heavy atom. The van der Waals surface area contributed by atoms with Crippen molar-refractivity contribution in [3.8, 4) is 0 Å². The molecule has 0 spiro atoms.